The number of ether oxygens (including phenoxy) is 1. The molecule has 1 fully saturated rings. The van der Waals surface area contributed by atoms with Crippen LogP contribution in [0.15, 0.2) is 4.99 Å². The quantitative estimate of drug-likeness (QED) is 0.398. The number of hydrogen-bond donors (Lipinski definition) is 2. The van der Waals surface area contributed by atoms with Crippen LogP contribution in [0.3, 0.4) is 0 Å². The van der Waals surface area contributed by atoms with Gasteiger partial charge in [0.05, 0.1) is 24.5 Å². The summed E-state index contributed by atoms with van der Waals surface area (Å²) in [6, 6.07) is -0.121. The fraction of sp³-hybridized carbons (Fsp3) is 0.818. The molecule has 0 amide bonds. The second-order valence-electron chi connectivity index (χ2n) is 4.62. The van der Waals surface area contributed by atoms with Gasteiger partial charge in [0.15, 0.2) is 15.8 Å². The predicted octanol–water partition coefficient (Wildman–Crippen LogP) is -0.852. The van der Waals surface area contributed by atoms with Gasteiger partial charge in [-0.3, -0.25) is 9.79 Å². The van der Waals surface area contributed by atoms with Gasteiger partial charge in [-0.25, -0.2) is 8.42 Å². The number of esters is 1. The van der Waals surface area contributed by atoms with Crippen molar-refractivity contribution < 1.29 is 17.9 Å². The van der Waals surface area contributed by atoms with Crippen molar-refractivity contribution in [3.05, 3.63) is 0 Å². The highest BCUT2D eigenvalue weighted by molar-refractivity contribution is 7.91. The molecule has 1 heterocycles. The largest absolute Gasteiger partial charge is 0.469 e. The third kappa shape index (κ3) is 5.06. The Balaban J connectivity index is 2.41. The number of aliphatic imine (C=N–C) groups is 1. The van der Waals surface area contributed by atoms with E-state index in [1.165, 1.54) is 7.11 Å². The number of nitrogens with zero attached hydrogens (tertiary/aromatic N) is 1. The second kappa shape index (κ2) is 6.74. The van der Waals surface area contributed by atoms with Crippen LogP contribution in [0.5, 0.6) is 0 Å². The molecule has 2 atom stereocenters. The van der Waals surface area contributed by atoms with Gasteiger partial charge in [0.2, 0.25) is 0 Å². The highest BCUT2D eigenvalue weighted by Gasteiger charge is 2.28. The zero-order chi connectivity index (χ0) is 14.5. The lowest BCUT2D eigenvalue weighted by Gasteiger charge is -2.17. The van der Waals surface area contributed by atoms with Crippen LogP contribution in [0.4, 0.5) is 0 Å². The van der Waals surface area contributed by atoms with Crippen molar-refractivity contribution in [2.75, 3.05) is 32.2 Å². The van der Waals surface area contributed by atoms with E-state index in [4.69, 9.17) is 0 Å². The summed E-state index contributed by atoms with van der Waals surface area (Å²) in [5, 5.41) is 6.02. The van der Waals surface area contributed by atoms with E-state index in [2.05, 4.69) is 20.4 Å². The van der Waals surface area contributed by atoms with Gasteiger partial charge < -0.3 is 15.4 Å². The van der Waals surface area contributed by atoms with Crippen LogP contribution in [-0.2, 0) is 19.4 Å². The Labute approximate surface area is 113 Å². The minimum atomic E-state index is -2.92. The highest BCUT2D eigenvalue weighted by atomic mass is 32.2. The fourth-order valence-electron chi connectivity index (χ4n) is 1.83. The van der Waals surface area contributed by atoms with Gasteiger partial charge in [-0.1, -0.05) is 6.92 Å². The maximum atomic E-state index is 11.3. The first-order valence-corrected chi connectivity index (χ1v) is 7.95. The smallest absolute Gasteiger partial charge is 0.310 e. The lowest BCUT2D eigenvalue weighted by Crippen LogP contribution is -2.45. The monoisotopic (exact) mass is 291 g/mol. The molecule has 7 nitrogen and oxygen atoms in total. The van der Waals surface area contributed by atoms with Gasteiger partial charge in [-0.05, 0) is 6.42 Å². The molecule has 0 aromatic heterocycles. The normalized spacial score (nSPS) is 23.7. The number of nitrogens with one attached hydrogen (secondary N) is 2. The molecule has 0 radical (unpaired) electrons. The molecule has 0 aromatic rings. The average molecular weight is 291 g/mol. The summed E-state index contributed by atoms with van der Waals surface area (Å²) in [7, 11) is 0.0240. The standard InChI is InChI=1S/C11H21N3O4S/c1-8(10(15)18-3)6-13-11(12-2)14-9-4-5-19(16,17)7-9/h8-9H,4-7H2,1-3H3,(H2,12,13,14). The van der Waals surface area contributed by atoms with Crippen molar-refractivity contribution in [2.24, 2.45) is 10.9 Å². The van der Waals surface area contributed by atoms with E-state index in [0.29, 0.717) is 18.9 Å². The van der Waals surface area contributed by atoms with Crippen LogP contribution >= 0.6 is 0 Å². The lowest BCUT2D eigenvalue weighted by molar-refractivity contribution is -0.144. The molecule has 1 aliphatic rings. The molecule has 0 bridgehead atoms. The number of rotatable bonds is 4. The zero-order valence-corrected chi connectivity index (χ0v) is 12.3. The molecule has 2 N–H and O–H groups in total. The van der Waals surface area contributed by atoms with E-state index in [0.717, 1.165) is 0 Å². The average Bonchev–Trinajstić information content (AvgIpc) is 2.72. The molecular formula is C11H21N3O4S. The minimum Gasteiger partial charge on any atom is -0.469 e. The van der Waals surface area contributed by atoms with E-state index in [1.54, 1.807) is 14.0 Å². The maximum Gasteiger partial charge on any atom is 0.310 e. The number of hydrogen-bond acceptors (Lipinski definition) is 5. The maximum absolute atomic E-state index is 11.3. The fourth-order valence-corrected chi connectivity index (χ4v) is 3.50. The Kier molecular flexibility index (Phi) is 5.59. The summed E-state index contributed by atoms with van der Waals surface area (Å²) in [5.41, 5.74) is 0. The van der Waals surface area contributed by atoms with Crippen molar-refractivity contribution in [1.82, 2.24) is 10.6 Å². The number of carbonyl (C=O) groups excluding carboxylic acids is 1. The Bertz CT molecular complexity index is 447. The van der Waals surface area contributed by atoms with E-state index >= 15 is 0 Å². The molecular weight excluding hydrogens is 270 g/mol. The van der Waals surface area contributed by atoms with Gasteiger partial charge in [-0.2, -0.15) is 0 Å². The summed E-state index contributed by atoms with van der Waals surface area (Å²) in [4.78, 5) is 15.2. The van der Waals surface area contributed by atoms with Gasteiger partial charge >= 0.3 is 5.97 Å². The van der Waals surface area contributed by atoms with E-state index in [1.807, 2.05) is 0 Å². The minimum absolute atomic E-state index is 0.121. The van der Waals surface area contributed by atoms with Crippen LogP contribution in [0.25, 0.3) is 0 Å². The summed E-state index contributed by atoms with van der Waals surface area (Å²) in [6.07, 6.45) is 0.579. The molecule has 8 heteroatoms. The SMILES string of the molecule is CN=C(NCC(C)C(=O)OC)NC1CCS(=O)(=O)C1. The predicted molar refractivity (Wildman–Crippen MR) is 72.7 cm³/mol. The first-order chi connectivity index (χ1) is 8.88. The Hall–Kier alpha value is -1.31. The first-order valence-electron chi connectivity index (χ1n) is 6.13. The zero-order valence-electron chi connectivity index (χ0n) is 11.5. The molecule has 0 aromatic carbocycles. The number of sulfone groups is 1. The summed E-state index contributed by atoms with van der Waals surface area (Å²) in [5.74, 6) is 0.237. The molecule has 0 aliphatic carbocycles. The van der Waals surface area contributed by atoms with Gasteiger partial charge in [0, 0.05) is 19.6 Å². The van der Waals surface area contributed by atoms with Crippen LogP contribution < -0.4 is 10.6 Å². The Morgan fingerprint density at radius 1 is 1.53 bits per heavy atom. The molecule has 1 rings (SSSR count). The summed E-state index contributed by atoms with van der Waals surface area (Å²) in [6.45, 7) is 2.12. The van der Waals surface area contributed by atoms with Crippen molar-refractivity contribution in [3.8, 4) is 0 Å². The van der Waals surface area contributed by atoms with Crippen molar-refractivity contribution >= 4 is 21.8 Å². The van der Waals surface area contributed by atoms with Crippen molar-refractivity contribution in [3.63, 3.8) is 0 Å². The van der Waals surface area contributed by atoms with Crippen LogP contribution in [0, 0.1) is 5.92 Å². The number of methoxy groups -OCH3 is 1. The van der Waals surface area contributed by atoms with E-state index < -0.39 is 9.84 Å². The topological polar surface area (TPSA) is 96.9 Å². The van der Waals surface area contributed by atoms with Crippen molar-refractivity contribution in [2.45, 2.75) is 19.4 Å². The molecule has 2 unspecified atom stereocenters. The third-order valence-electron chi connectivity index (χ3n) is 2.98. The molecule has 110 valence electrons. The Morgan fingerprint density at radius 3 is 2.68 bits per heavy atom. The molecule has 1 aliphatic heterocycles. The van der Waals surface area contributed by atoms with Gasteiger partial charge in [-0.15, -0.1) is 0 Å². The molecule has 0 spiro atoms. The van der Waals surface area contributed by atoms with E-state index in [9.17, 15) is 13.2 Å². The van der Waals surface area contributed by atoms with Crippen molar-refractivity contribution in [1.29, 1.82) is 0 Å². The van der Waals surface area contributed by atoms with Crippen LogP contribution in [0.2, 0.25) is 0 Å². The van der Waals surface area contributed by atoms with Crippen LogP contribution in [-0.4, -0.2) is 58.6 Å². The number of guanidine groups is 1. The second-order valence-corrected chi connectivity index (χ2v) is 6.85. The first kappa shape index (κ1) is 15.7. The summed E-state index contributed by atoms with van der Waals surface area (Å²) < 4.78 is 27.3. The van der Waals surface area contributed by atoms with Crippen LogP contribution in [0.1, 0.15) is 13.3 Å². The lowest BCUT2D eigenvalue weighted by atomic mass is 10.2. The molecule has 1 saturated heterocycles. The Morgan fingerprint density at radius 2 is 2.21 bits per heavy atom. The third-order valence-corrected chi connectivity index (χ3v) is 4.74. The molecule has 19 heavy (non-hydrogen) atoms. The van der Waals surface area contributed by atoms with E-state index in [-0.39, 0.29) is 29.4 Å². The molecule has 0 saturated carbocycles. The summed E-state index contributed by atoms with van der Waals surface area (Å²) >= 11 is 0. The highest BCUT2D eigenvalue weighted by Crippen LogP contribution is 2.10. The van der Waals surface area contributed by atoms with Gasteiger partial charge in [0.25, 0.3) is 0 Å². The number of carbonyl (C=O) groups is 1. The van der Waals surface area contributed by atoms with Gasteiger partial charge in [0.1, 0.15) is 0 Å².